The fourth-order valence-electron chi connectivity index (χ4n) is 1.99. The number of nitrogens with zero attached hydrogens (tertiary/aromatic N) is 1. The molecule has 1 aromatic heterocycles. The van der Waals surface area contributed by atoms with Crippen LogP contribution in [0, 0.1) is 0 Å². The number of pyridine rings is 1. The number of aliphatic hydroxyl groups is 1. The van der Waals surface area contributed by atoms with Crippen LogP contribution in [-0.2, 0) is 6.42 Å². The maximum atomic E-state index is 10.4. The highest BCUT2D eigenvalue weighted by atomic mass is 35.5. The minimum Gasteiger partial charge on any atom is -0.384 e. The molecule has 0 radical (unpaired) electrons. The molecule has 0 bridgehead atoms. The van der Waals surface area contributed by atoms with Crippen LogP contribution in [0.3, 0.4) is 0 Å². The van der Waals surface area contributed by atoms with Gasteiger partial charge < -0.3 is 5.11 Å². The van der Waals surface area contributed by atoms with Gasteiger partial charge >= 0.3 is 0 Å². The molecule has 0 saturated heterocycles. The van der Waals surface area contributed by atoms with Gasteiger partial charge in [0.05, 0.1) is 5.02 Å². The first-order valence-electron chi connectivity index (χ1n) is 6.08. The average Bonchev–Trinajstić information content (AvgIpc) is 2.39. The Morgan fingerprint density at radius 1 is 1.33 bits per heavy atom. The number of hydrogen-bond donors (Lipinski definition) is 1. The third kappa shape index (κ3) is 2.89. The quantitative estimate of drug-likeness (QED) is 0.909. The Kier molecular flexibility index (Phi) is 4.34. The van der Waals surface area contributed by atoms with Gasteiger partial charge in [-0.05, 0) is 23.6 Å². The summed E-state index contributed by atoms with van der Waals surface area (Å²) in [5, 5.41) is 10.8. The lowest BCUT2D eigenvalue weighted by molar-refractivity contribution is 0.220. The summed E-state index contributed by atoms with van der Waals surface area (Å²) in [7, 11) is 0. The second-order valence-electron chi connectivity index (χ2n) is 4.29. The van der Waals surface area contributed by atoms with Crippen LogP contribution in [0.1, 0.15) is 36.1 Å². The number of benzene rings is 1. The monoisotopic (exact) mass is 261 g/mol. The van der Waals surface area contributed by atoms with E-state index in [1.54, 1.807) is 18.5 Å². The van der Waals surface area contributed by atoms with Gasteiger partial charge in [0.2, 0.25) is 0 Å². The van der Waals surface area contributed by atoms with Gasteiger partial charge in [0.15, 0.2) is 0 Å². The van der Waals surface area contributed by atoms with E-state index in [1.165, 1.54) is 5.56 Å². The van der Waals surface area contributed by atoms with Gasteiger partial charge in [0.1, 0.15) is 6.10 Å². The van der Waals surface area contributed by atoms with E-state index in [4.69, 9.17) is 11.6 Å². The first kappa shape index (κ1) is 13.1. The van der Waals surface area contributed by atoms with Crippen LogP contribution < -0.4 is 0 Å². The molecule has 0 spiro atoms. The van der Waals surface area contributed by atoms with Gasteiger partial charge in [-0.3, -0.25) is 4.98 Å². The van der Waals surface area contributed by atoms with E-state index in [9.17, 15) is 5.11 Å². The van der Waals surface area contributed by atoms with Crippen LogP contribution in [0.2, 0.25) is 5.02 Å². The molecule has 2 aromatic rings. The summed E-state index contributed by atoms with van der Waals surface area (Å²) in [5.74, 6) is 0. The standard InChI is InChI=1S/C15H16ClNO/c1-2-4-11-5-3-6-12(9-11)15(18)13-7-8-17-10-14(13)16/h3,5-10,15,18H,2,4H2,1H3. The van der Waals surface area contributed by atoms with Gasteiger partial charge in [0.25, 0.3) is 0 Å². The lowest BCUT2D eigenvalue weighted by atomic mass is 9.99. The smallest absolute Gasteiger partial charge is 0.106 e. The summed E-state index contributed by atoms with van der Waals surface area (Å²) in [4.78, 5) is 3.92. The predicted octanol–water partition coefficient (Wildman–Crippen LogP) is 3.77. The van der Waals surface area contributed by atoms with Gasteiger partial charge in [0, 0.05) is 18.0 Å². The molecule has 0 saturated carbocycles. The van der Waals surface area contributed by atoms with Crippen molar-refractivity contribution in [3.63, 3.8) is 0 Å². The van der Waals surface area contributed by atoms with E-state index in [0.717, 1.165) is 18.4 Å². The number of aromatic nitrogens is 1. The Bertz CT molecular complexity index is 527. The third-order valence-corrected chi connectivity index (χ3v) is 3.22. The van der Waals surface area contributed by atoms with Crippen LogP contribution in [0.15, 0.2) is 42.7 Å². The molecular weight excluding hydrogens is 246 g/mol. The molecule has 1 atom stereocenters. The molecule has 3 heteroatoms. The minimum absolute atomic E-state index is 0.492. The minimum atomic E-state index is -0.697. The summed E-state index contributed by atoms with van der Waals surface area (Å²) >= 11 is 6.05. The van der Waals surface area contributed by atoms with Crippen molar-refractivity contribution in [2.45, 2.75) is 25.9 Å². The Morgan fingerprint density at radius 2 is 2.17 bits per heavy atom. The molecule has 0 fully saturated rings. The maximum Gasteiger partial charge on any atom is 0.106 e. The highest BCUT2D eigenvalue weighted by molar-refractivity contribution is 6.31. The number of halogens is 1. The van der Waals surface area contributed by atoms with Crippen molar-refractivity contribution in [1.82, 2.24) is 4.98 Å². The molecule has 0 aliphatic rings. The molecular formula is C15H16ClNO. The lowest BCUT2D eigenvalue weighted by Gasteiger charge is -2.13. The molecule has 18 heavy (non-hydrogen) atoms. The molecule has 1 N–H and O–H groups in total. The molecule has 1 unspecified atom stereocenters. The van der Waals surface area contributed by atoms with Crippen molar-refractivity contribution in [2.24, 2.45) is 0 Å². The van der Waals surface area contributed by atoms with E-state index in [1.807, 2.05) is 18.2 Å². The zero-order valence-corrected chi connectivity index (χ0v) is 11.1. The second kappa shape index (κ2) is 5.98. The molecule has 0 aliphatic heterocycles. The fraction of sp³-hybridized carbons (Fsp3) is 0.267. The molecule has 2 rings (SSSR count). The number of rotatable bonds is 4. The van der Waals surface area contributed by atoms with Crippen molar-refractivity contribution in [3.8, 4) is 0 Å². The average molecular weight is 262 g/mol. The Morgan fingerprint density at radius 3 is 2.89 bits per heavy atom. The first-order valence-corrected chi connectivity index (χ1v) is 6.46. The largest absolute Gasteiger partial charge is 0.384 e. The number of aryl methyl sites for hydroxylation is 1. The van der Waals surface area contributed by atoms with Crippen LogP contribution in [0.25, 0.3) is 0 Å². The molecule has 1 heterocycles. The van der Waals surface area contributed by atoms with Crippen molar-refractivity contribution >= 4 is 11.6 Å². The van der Waals surface area contributed by atoms with Crippen LogP contribution in [0.5, 0.6) is 0 Å². The molecule has 2 nitrogen and oxygen atoms in total. The Labute approximate surface area is 112 Å². The topological polar surface area (TPSA) is 33.1 Å². The SMILES string of the molecule is CCCc1cccc(C(O)c2ccncc2Cl)c1. The summed E-state index contributed by atoms with van der Waals surface area (Å²) in [6.07, 6.45) is 4.61. The highest BCUT2D eigenvalue weighted by Gasteiger charge is 2.13. The first-order chi connectivity index (χ1) is 8.72. The maximum absolute atomic E-state index is 10.4. The van der Waals surface area contributed by atoms with Gasteiger partial charge in [-0.15, -0.1) is 0 Å². The van der Waals surface area contributed by atoms with Crippen molar-refractivity contribution in [2.75, 3.05) is 0 Å². The Balaban J connectivity index is 2.31. The predicted molar refractivity (Wildman–Crippen MR) is 73.7 cm³/mol. The molecule has 0 amide bonds. The van der Waals surface area contributed by atoms with E-state index in [-0.39, 0.29) is 0 Å². The highest BCUT2D eigenvalue weighted by Crippen LogP contribution is 2.27. The summed E-state index contributed by atoms with van der Waals surface area (Å²) in [6, 6.07) is 9.75. The molecule has 94 valence electrons. The van der Waals surface area contributed by atoms with Crippen molar-refractivity contribution in [1.29, 1.82) is 0 Å². The summed E-state index contributed by atoms with van der Waals surface area (Å²) in [5.41, 5.74) is 2.80. The van der Waals surface area contributed by atoms with E-state index in [2.05, 4.69) is 18.0 Å². The van der Waals surface area contributed by atoms with Crippen LogP contribution in [-0.4, -0.2) is 10.1 Å². The zero-order chi connectivity index (χ0) is 13.0. The van der Waals surface area contributed by atoms with Crippen molar-refractivity contribution in [3.05, 3.63) is 64.4 Å². The van der Waals surface area contributed by atoms with Crippen molar-refractivity contribution < 1.29 is 5.11 Å². The zero-order valence-electron chi connectivity index (χ0n) is 10.3. The normalized spacial score (nSPS) is 12.4. The lowest BCUT2D eigenvalue weighted by Crippen LogP contribution is -2.01. The van der Waals surface area contributed by atoms with Gasteiger partial charge in [-0.1, -0.05) is 49.2 Å². The number of hydrogen-bond acceptors (Lipinski definition) is 2. The summed E-state index contributed by atoms with van der Waals surface area (Å²) < 4.78 is 0. The van der Waals surface area contributed by atoms with E-state index in [0.29, 0.717) is 10.6 Å². The fourth-order valence-corrected chi connectivity index (χ4v) is 2.22. The summed E-state index contributed by atoms with van der Waals surface area (Å²) in [6.45, 7) is 2.14. The van der Waals surface area contributed by atoms with Crippen LogP contribution >= 0.6 is 11.6 Å². The number of aliphatic hydroxyl groups excluding tert-OH is 1. The van der Waals surface area contributed by atoms with Crippen LogP contribution in [0.4, 0.5) is 0 Å². The van der Waals surface area contributed by atoms with E-state index >= 15 is 0 Å². The molecule has 0 aliphatic carbocycles. The third-order valence-electron chi connectivity index (χ3n) is 2.90. The van der Waals surface area contributed by atoms with Gasteiger partial charge in [-0.2, -0.15) is 0 Å². The second-order valence-corrected chi connectivity index (χ2v) is 4.70. The Hall–Kier alpha value is -1.38. The van der Waals surface area contributed by atoms with Gasteiger partial charge in [-0.25, -0.2) is 0 Å². The molecule has 1 aromatic carbocycles. The van der Waals surface area contributed by atoms with E-state index < -0.39 is 6.10 Å².